The van der Waals surface area contributed by atoms with Crippen molar-refractivity contribution in [3.63, 3.8) is 0 Å². The summed E-state index contributed by atoms with van der Waals surface area (Å²) in [6, 6.07) is 8.94. The standard InChI is InChI=1S/C16H21N5O2/c1-12(17)8-15(22)18-10-13-4-2-5-14(9-13)20-16(23)11-21-7-3-6-19-21/h2-7,9,12H,8,10-11,17H2,1H3,(H,18,22)(H,20,23). The number of benzene rings is 1. The fourth-order valence-corrected chi connectivity index (χ4v) is 2.07. The summed E-state index contributed by atoms with van der Waals surface area (Å²) >= 11 is 0. The van der Waals surface area contributed by atoms with E-state index >= 15 is 0 Å². The minimum atomic E-state index is -0.164. The Labute approximate surface area is 134 Å². The van der Waals surface area contributed by atoms with Gasteiger partial charge in [-0.2, -0.15) is 5.10 Å². The maximum atomic E-state index is 11.9. The highest BCUT2D eigenvalue weighted by Gasteiger charge is 2.06. The summed E-state index contributed by atoms with van der Waals surface area (Å²) < 4.78 is 1.55. The molecule has 0 fully saturated rings. The molecule has 2 amide bonds. The van der Waals surface area contributed by atoms with Crippen LogP contribution in [0.3, 0.4) is 0 Å². The molecule has 1 aromatic heterocycles. The van der Waals surface area contributed by atoms with Crippen molar-refractivity contribution in [3.8, 4) is 0 Å². The summed E-state index contributed by atoms with van der Waals surface area (Å²) in [4.78, 5) is 23.5. The van der Waals surface area contributed by atoms with Crippen molar-refractivity contribution < 1.29 is 9.59 Å². The van der Waals surface area contributed by atoms with Crippen molar-refractivity contribution in [1.82, 2.24) is 15.1 Å². The van der Waals surface area contributed by atoms with Gasteiger partial charge in [0, 0.05) is 37.1 Å². The van der Waals surface area contributed by atoms with Crippen LogP contribution in [0.2, 0.25) is 0 Å². The Hall–Kier alpha value is -2.67. The first-order valence-corrected chi connectivity index (χ1v) is 7.41. The molecule has 0 saturated heterocycles. The van der Waals surface area contributed by atoms with Crippen LogP contribution in [0, 0.1) is 0 Å². The van der Waals surface area contributed by atoms with Crippen LogP contribution < -0.4 is 16.4 Å². The van der Waals surface area contributed by atoms with E-state index in [9.17, 15) is 9.59 Å². The lowest BCUT2D eigenvalue weighted by Crippen LogP contribution is -2.29. The molecule has 4 N–H and O–H groups in total. The predicted molar refractivity (Wildman–Crippen MR) is 87.4 cm³/mol. The zero-order valence-electron chi connectivity index (χ0n) is 13.0. The van der Waals surface area contributed by atoms with Crippen molar-refractivity contribution in [1.29, 1.82) is 0 Å². The molecule has 1 aromatic carbocycles. The van der Waals surface area contributed by atoms with Crippen molar-refractivity contribution in [2.24, 2.45) is 5.73 Å². The molecule has 0 aliphatic carbocycles. The third kappa shape index (κ3) is 5.91. The van der Waals surface area contributed by atoms with Gasteiger partial charge in [0.15, 0.2) is 0 Å². The number of rotatable bonds is 7. The normalized spacial score (nSPS) is 11.7. The van der Waals surface area contributed by atoms with E-state index in [0.717, 1.165) is 5.56 Å². The minimum absolute atomic E-state index is 0.0897. The van der Waals surface area contributed by atoms with E-state index in [0.29, 0.717) is 18.7 Å². The third-order valence-electron chi connectivity index (χ3n) is 3.07. The van der Waals surface area contributed by atoms with Gasteiger partial charge in [0.2, 0.25) is 11.8 Å². The number of nitrogens with zero attached hydrogens (tertiary/aromatic N) is 2. The fourth-order valence-electron chi connectivity index (χ4n) is 2.07. The first-order chi connectivity index (χ1) is 11.0. The molecule has 0 aliphatic heterocycles. The Morgan fingerprint density at radius 3 is 2.83 bits per heavy atom. The molecule has 0 bridgehead atoms. The number of hydrogen-bond acceptors (Lipinski definition) is 4. The van der Waals surface area contributed by atoms with Gasteiger partial charge in [0.1, 0.15) is 6.54 Å². The molecule has 1 atom stereocenters. The van der Waals surface area contributed by atoms with Crippen LogP contribution in [0.5, 0.6) is 0 Å². The summed E-state index contributed by atoms with van der Waals surface area (Å²) in [5.74, 6) is -0.250. The highest BCUT2D eigenvalue weighted by molar-refractivity contribution is 5.90. The Bertz CT molecular complexity index is 652. The Balaban J connectivity index is 1.86. The second-order valence-electron chi connectivity index (χ2n) is 5.41. The van der Waals surface area contributed by atoms with Crippen molar-refractivity contribution in [2.45, 2.75) is 32.5 Å². The Morgan fingerprint density at radius 1 is 1.30 bits per heavy atom. The van der Waals surface area contributed by atoms with Gasteiger partial charge in [-0.25, -0.2) is 0 Å². The number of nitrogens with one attached hydrogen (secondary N) is 2. The van der Waals surface area contributed by atoms with Crippen LogP contribution in [0.1, 0.15) is 18.9 Å². The molecule has 2 rings (SSSR count). The van der Waals surface area contributed by atoms with Crippen molar-refractivity contribution in [3.05, 3.63) is 48.3 Å². The highest BCUT2D eigenvalue weighted by Crippen LogP contribution is 2.10. The molecular weight excluding hydrogens is 294 g/mol. The lowest BCUT2D eigenvalue weighted by atomic mass is 10.2. The minimum Gasteiger partial charge on any atom is -0.352 e. The Kier molecular flexibility index (Phi) is 5.87. The molecule has 7 nitrogen and oxygen atoms in total. The van der Waals surface area contributed by atoms with E-state index in [1.54, 1.807) is 36.1 Å². The second kappa shape index (κ2) is 8.09. The van der Waals surface area contributed by atoms with Crippen molar-refractivity contribution in [2.75, 3.05) is 5.32 Å². The molecule has 0 spiro atoms. The van der Waals surface area contributed by atoms with E-state index < -0.39 is 0 Å². The van der Waals surface area contributed by atoms with E-state index in [1.807, 2.05) is 18.2 Å². The number of aromatic nitrogens is 2. The summed E-state index contributed by atoms with van der Waals surface area (Å²) in [6.07, 6.45) is 3.64. The molecule has 2 aromatic rings. The summed E-state index contributed by atoms with van der Waals surface area (Å²) in [6.45, 7) is 2.34. The number of carbonyl (C=O) groups excluding carboxylic acids is 2. The lowest BCUT2D eigenvalue weighted by Gasteiger charge is -2.10. The highest BCUT2D eigenvalue weighted by atomic mass is 16.2. The molecule has 0 radical (unpaired) electrons. The summed E-state index contributed by atoms with van der Waals surface area (Å²) in [5.41, 5.74) is 7.17. The van der Waals surface area contributed by atoms with Crippen molar-refractivity contribution >= 4 is 17.5 Å². The first-order valence-electron chi connectivity index (χ1n) is 7.41. The van der Waals surface area contributed by atoms with Crippen LogP contribution in [-0.4, -0.2) is 27.6 Å². The molecule has 1 unspecified atom stereocenters. The number of nitrogens with two attached hydrogens (primary N) is 1. The fraction of sp³-hybridized carbons (Fsp3) is 0.312. The lowest BCUT2D eigenvalue weighted by molar-refractivity contribution is -0.121. The zero-order chi connectivity index (χ0) is 16.7. The summed E-state index contributed by atoms with van der Waals surface area (Å²) in [7, 11) is 0. The van der Waals surface area contributed by atoms with Gasteiger partial charge in [-0.05, 0) is 30.7 Å². The monoisotopic (exact) mass is 315 g/mol. The number of amides is 2. The molecule has 1 heterocycles. The average molecular weight is 315 g/mol. The topological polar surface area (TPSA) is 102 Å². The van der Waals surface area contributed by atoms with Crippen LogP contribution in [-0.2, 0) is 22.7 Å². The van der Waals surface area contributed by atoms with E-state index in [1.165, 1.54) is 0 Å². The van der Waals surface area contributed by atoms with Gasteiger partial charge in [0.25, 0.3) is 0 Å². The molecular formula is C16H21N5O2. The van der Waals surface area contributed by atoms with Gasteiger partial charge in [-0.1, -0.05) is 12.1 Å². The van der Waals surface area contributed by atoms with Gasteiger partial charge in [0.05, 0.1) is 0 Å². The van der Waals surface area contributed by atoms with Gasteiger partial charge >= 0.3 is 0 Å². The molecule has 7 heteroatoms. The molecule has 23 heavy (non-hydrogen) atoms. The maximum absolute atomic E-state index is 11.9. The predicted octanol–water partition coefficient (Wildman–Crippen LogP) is 0.875. The van der Waals surface area contributed by atoms with Gasteiger partial charge < -0.3 is 16.4 Å². The van der Waals surface area contributed by atoms with Crippen LogP contribution in [0.25, 0.3) is 0 Å². The molecule has 0 aliphatic rings. The van der Waals surface area contributed by atoms with E-state index in [4.69, 9.17) is 5.73 Å². The second-order valence-corrected chi connectivity index (χ2v) is 5.41. The third-order valence-corrected chi connectivity index (χ3v) is 3.07. The summed E-state index contributed by atoms with van der Waals surface area (Å²) in [5, 5.41) is 9.60. The number of carbonyl (C=O) groups is 2. The van der Waals surface area contributed by atoms with E-state index in [2.05, 4.69) is 15.7 Å². The average Bonchev–Trinajstić information content (AvgIpc) is 2.97. The smallest absolute Gasteiger partial charge is 0.246 e. The number of hydrogen-bond donors (Lipinski definition) is 3. The van der Waals surface area contributed by atoms with Crippen LogP contribution in [0.15, 0.2) is 42.7 Å². The zero-order valence-corrected chi connectivity index (χ0v) is 13.0. The van der Waals surface area contributed by atoms with Crippen LogP contribution in [0.4, 0.5) is 5.69 Å². The quantitative estimate of drug-likeness (QED) is 0.705. The number of anilines is 1. The molecule has 122 valence electrons. The molecule has 0 saturated carbocycles. The van der Waals surface area contributed by atoms with Gasteiger partial charge in [-0.15, -0.1) is 0 Å². The first kappa shape index (κ1) is 16.7. The van der Waals surface area contributed by atoms with E-state index in [-0.39, 0.29) is 24.4 Å². The SMILES string of the molecule is CC(N)CC(=O)NCc1cccc(NC(=O)Cn2cccn2)c1. The van der Waals surface area contributed by atoms with Gasteiger partial charge in [-0.3, -0.25) is 14.3 Å². The Morgan fingerprint density at radius 2 is 2.13 bits per heavy atom. The largest absolute Gasteiger partial charge is 0.352 e. The maximum Gasteiger partial charge on any atom is 0.246 e. The van der Waals surface area contributed by atoms with Crippen LogP contribution >= 0.6 is 0 Å².